The van der Waals surface area contributed by atoms with Crippen molar-refractivity contribution >= 4 is 23.5 Å². The molecule has 0 aliphatic carbocycles. The van der Waals surface area contributed by atoms with Gasteiger partial charge in [-0.15, -0.1) is 0 Å². The Morgan fingerprint density at radius 3 is 2.43 bits per heavy atom. The van der Waals surface area contributed by atoms with Gasteiger partial charge in [-0.3, -0.25) is 5.43 Å². The van der Waals surface area contributed by atoms with Gasteiger partial charge in [0.1, 0.15) is 0 Å². The minimum Gasteiger partial charge on any atom is -0.375 e. The second-order valence-electron chi connectivity index (χ2n) is 3.16. The van der Waals surface area contributed by atoms with E-state index in [1.54, 1.807) is 6.21 Å². The molecule has 1 aromatic carbocycles. The van der Waals surface area contributed by atoms with E-state index in [1.807, 2.05) is 26.0 Å². The van der Waals surface area contributed by atoms with Crippen LogP contribution in [0.15, 0.2) is 23.3 Å². The van der Waals surface area contributed by atoms with Crippen molar-refractivity contribution in [3.05, 3.63) is 34.9 Å². The molecule has 0 aliphatic heterocycles. The Balaban J connectivity index is 2.76. The van der Waals surface area contributed by atoms with E-state index in [0.717, 1.165) is 5.56 Å². The molecule has 1 aromatic rings. The van der Waals surface area contributed by atoms with Crippen LogP contribution >= 0.6 is 12.2 Å². The van der Waals surface area contributed by atoms with Gasteiger partial charge in [-0.2, -0.15) is 5.10 Å². The zero-order valence-corrected chi connectivity index (χ0v) is 9.06. The fourth-order valence-electron chi connectivity index (χ4n) is 1.25. The van der Waals surface area contributed by atoms with Gasteiger partial charge in [0.15, 0.2) is 5.11 Å². The van der Waals surface area contributed by atoms with Gasteiger partial charge in [-0.1, -0.05) is 29.3 Å². The molecule has 0 unspecified atom stereocenters. The van der Waals surface area contributed by atoms with Crippen LogP contribution in [-0.4, -0.2) is 11.3 Å². The molecule has 0 fully saturated rings. The molecule has 0 bridgehead atoms. The van der Waals surface area contributed by atoms with Crippen molar-refractivity contribution in [1.82, 2.24) is 5.43 Å². The fraction of sp³-hybridized carbons (Fsp3) is 0.200. The lowest BCUT2D eigenvalue weighted by atomic mass is 10.1. The average molecular weight is 207 g/mol. The largest absolute Gasteiger partial charge is 0.375 e. The van der Waals surface area contributed by atoms with E-state index in [2.05, 4.69) is 28.8 Å². The lowest BCUT2D eigenvalue weighted by molar-refractivity contribution is 1.04. The van der Waals surface area contributed by atoms with Crippen molar-refractivity contribution in [2.75, 3.05) is 0 Å². The summed E-state index contributed by atoms with van der Waals surface area (Å²) in [6.07, 6.45) is 1.69. The van der Waals surface area contributed by atoms with Crippen molar-refractivity contribution < 1.29 is 0 Å². The number of nitrogens with zero attached hydrogens (tertiary/aromatic N) is 1. The Labute approximate surface area is 89.0 Å². The Bertz CT molecular complexity index is 351. The van der Waals surface area contributed by atoms with Crippen LogP contribution in [0.4, 0.5) is 0 Å². The van der Waals surface area contributed by atoms with Crippen molar-refractivity contribution in [2.45, 2.75) is 13.8 Å². The maximum Gasteiger partial charge on any atom is 0.184 e. The van der Waals surface area contributed by atoms with Gasteiger partial charge >= 0.3 is 0 Å². The zero-order chi connectivity index (χ0) is 10.6. The molecule has 0 heterocycles. The van der Waals surface area contributed by atoms with Crippen LogP contribution in [0.5, 0.6) is 0 Å². The number of hydrogen-bond acceptors (Lipinski definition) is 2. The summed E-state index contributed by atoms with van der Waals surface area (Å²) in [5.74, 6) is 0. The van der Waals surface area contributed by atoms with E-state index in [-0.39, 0.29) is 5.11 Å². The van der Waals surface area contributed by atoms with Gasteiger partial charge in [0, 0.05) is 0 Å². The number of thiocarbonyl (C=S) groups is 1. The molecule has 0 saturated carbocycles. The van der Waals surface area contributed by atoms with Gasteiger partial charge in [-0.25, -0.2) is 0 Å². The molecule has 0 saturated heterocycles. The Hall–Kier alpha value is -1.42. The Morgan fingerprint density at radius 2 is 1.93 bits per heavy atom. The zero-order valence-electron chi connectivity index (χ0n) is 8.24. The predicted octanol–water partition coefficient (Wildman–Crippen LogP) is 1.47. The first-order chi connectivity index (χ1) is 6.58. The number of hydrogen-bond donors (Lipinski definition) is 2. The highest BCUT2D eigenvalue weighted by molar-refractivity contribution is 7.80. The summed E-state index contributed by atoms with van der Waals surface area (Å²) >= 11 is 4.62. The van der Waals surface area contributed by atoms with E-state index in [0.29, 0.717) is 0 Å². The maximum atomic E-state index is 5.22. The van der Waals surface area contributed by atoms with Gasteiger partial charge in [0.05, 0.1) is 6.21 Å². The lowest BCUT2D eigenvalue weighted by Gasteiger charge is -1.99. The van der Waals surface area contributed by atoms with Crippen molar-refractivity contribution in [1.29, 1.82) is 0 Å². The number of nitrogens with two attached hydrogens (primary N) is 1. The van der Waals surface area contributed by atoms with Crippen molar-refractivity contribution in [3.8, 4) is 0 Å². The number of benzene rings is 1. The first kappa shape index (κ1) is 10.7. The number of rotatable bonds is 2. The molecule has 4 heteroatoms. The second-order valence-corrected chi connectivity index (χ2v) is 3.60. The molecule has 0 aromatic heterocycles. The molecule has 3 N–H and O–H groups in total. The number of hydrazone groups is 1. The summed E-state index contributed by atoms with van der Waals surface area (Å²) < 4.78 is 0. The van der Waals surface area contributed by atoms with Crippen LogP contribution in [-0.2, 0) is 0 Å². The van der Waals surface area contributed by atoms with Crippen molar-refractivity contribution in [2.24, 2.45) is 10.8 Å². The summed E-state index contributed by atoms with van der Waals surface area (Å²) in [5, 5.41) is 4.05. The Morgan fingerprint density at radius 1 is 1.36 bits per heavy atom. The van der Waals surface area contributed by atoms with Crippen LogP contribution in [0.2, 0.25) is 0 Å². The van der Waals surface area contributed by atoms with Gasteiger partial charge < -0.3 is 5.73 Å². The maximum absolute atomic E-state index is 5.22. The molecular formula is C10H13N3S. The third-order valence-electron chi connectivity index (χ3n) is 1.63. The molecule has 0 atom stereocenters. The van der Waals surface area contributed by atoms with Gasteiger partial charge in [0.25, 0.3) is 0 Å². The number of aryl methyl sites for hydroxylation is 2. The minimum absolute atomic E-state index is 0.172. The average Bonchev–Trinajstić information content (AvgIpc) is 2.01. The predicted molar refractivity (Wildman–Crippen MR) is 63.4 cm³/mol. The van der Waals surface area contributed by atoms with Gasteiger partial charge in [0.2, 0.25) is 0 Å². The summed E-state index contributed by atoms with van der Waals surface area (Å²) in [7, 11) is 0. The quantitative estimate of drug-likeness (QED) is 0.438. The normalized spacial score (nSPS) is 10.4. The lowest BCUT2D eigenvalue weighted by Crippen LogP contribution is -2.23. The highest BCUT2D eigenvalue weighted by Gasteiger charge is 1.92. The van der Waals surface area contributed by atoms with Crippen LogP contribution < -0.4 is 11.2 Å². The van der Waals surface area contributed by atoms with E-state index in [1.165, 1.54) is 11.1 Å². The molecule has 0 radical (unpaired) electrons. The van der Waals surface area contributed by atoms with E-state index in [4.69, 9.17) is 5.73 Å². The molecule has 14 heavy (non-hydrogen) atoms. The first-order valence-electron chi connectivity index (χ1n) is 4.25. The molecule has 1 rings (SSSR count). The van der Waals surface area contributed by atoms with Crippen LogP contribution in [0, 0.1) is 13.8 Å². The summed E-state index contributed by atoms with van der Waals surface area (Å²) in [4.78, 5) is 0. The molecule has 0 spiro atoms. The monoisotopic (exact) mass is 207 g/mol. The fourth-order valence-corrected chi connectivity index (χ4v) is 1.31. The van der Waals surface area contributed by atoms with Crippen LogP contribution in [0.1, 0.15) is 16.7 Å². The van der Waals surface area contributed by atoms with E-state index in [9.17, 15) is 0 Å². The highest BCUT2D eigenvalue weighted by atomic mass is 32.1. The van der Waals surface area contributed by atoms with Crippen LogP contribution in [0.3, 0.4) is 0 Å². The number of nitrogens with one attached hydrogen (secondary N) is 1. The topological polar surface area (TPSA) is 50.4 Å². The van der Waals surface area contributed by atoms with Crippen molar-refractivity contribution in [3.63, 3.8) is 0 Å². The molecule has 3 nitrogen and oxygen atoms in total. The smallest absolute Gasteiger partial charge is 0.184 e. The summed E-state index contributed by atoms with van der Waals surface area (Å²) in [6, 6.07) is 6.19. The summed E-state index contributed by atoms with van der Waals surface area (Å²) in [5.41, 5.74) is 11.2. The minimum atomic E-state index is 0.172. The molecule has 0 aliphatic rings. The second kappa shape index (κ2) is 4.72. The van der Waals surface area contributed by atoms with Crippen LogP contribution in [0.25, 0.3) is 0 Å². The summed E-state index contributed by atoms with van der Waals surface area (Å²) in [6.45, 7) is 4.09. The SMILES string of the molecule is Cc1cc(C)cc(/C=N/NC(N)=S)c1. The van der Waals surface area contributed by atoms with E-state index >= 15 is 0 Å². The van der Waals surface area contributed by atoms with Gasteiger partial charge in [-0.05, 0) is 31.6 Å². The van der Waals surface area contributed by atoms with E-state index < -0.39 is 0 Å². The third-order valence-corrected chi connectivity index (χ3v) is 1.72. The Kier molecular flexibility index (Phi) is 3.59. The first-order valence-corrected chi connectivity index (χ1v) is 4.65. The molecular weight excluding hydrogens is 194 g/mol. The standard InChI is InChI=1S/C10H13N3S/c1-7-3-8(2)5-9(4-7)6-12-13-10(11)14/h3-6H,1-2H3,(H3,11,13,14)/b12-6+. The molecule has 0 amide bonds. The third kappa shape index (κ3) is 3.53. The molecule has 74 valence electrons. The highest BCUT2D eigenvalue weighted by Crippen LogP contribution is 2.06.